The van der Waals surface area contributed by atoms with Gasteiger partial charge in [-0.05, 0) is 29.8 Å². The number of benzene rings is 2. The quantitative estimate of drug-likeness (QED) is 0.864. The molecule has 1 aliphatic rings. The van der Waals surface area contributed by atoms with E-state index in [4.69, 9.17) is 9.47 Å². The number of carbonyl (C=O) groups is 2. The number of morpholine rings is 1. The smallest absolute Gasteiger partial charge is 0.254 e. The molecule has 0 unspecified atom stereocenters. The van der Waals surface area contributed by atoms with Gasteiger partial charge in [-0.3, -0.25) is 9.59 Å². The molecule has 0 bridgehead atoms. The second kappa shape index (κ2) is 9.12. The van der Waals surface area contributed by atoms with Crippen LogP contribution in [0.15, 0.2) is 54.6 Å². The van der Waals surface area contributed by atoms with Gasteiger partial charge in [-0.1, -0.05) is 30.3 Å². The van der Waals surface area contributed by atoms with Crippen LogP contribution < -0.4 is 5.32 Å². The van der Waals surface area contributed by atoms with Gasteiger partial charge in [-0.2, -0.15) is 0 Å². The minimum atomic E-state index is -0.229. The highest BCUT2D eigenvalue weighted by molar-refractivity contribution is 5.96. The lowest BCUT2D eigenvalue weighted by atomic mass is 10.1. The lowest BCUT2D eigenvalue weighted by molar-refractivity contribution is -0.121. The Morgan fingerprint density at radius 1 is 1.00 bits per heavy atom. The third-order valence-electron chi connectivity index (χ3n) is 4.06. The largest absolute Gasteiger partial charge is 0.378 e. The summed E-state index contributed by atoms with van der Waals surface area (Å²) in [6, 6.07) is 16.6. The molecule has 1 N–H and O–H groups in total. The molecule has 2 amide bonds. The first-order valence-electron chi connectivity index (χ1n) is 8.61. The molecular formula is C20H22N2O4. The number of hydrogen-bond acceptors (Lipinski definition) is 4. The summed E-state index contributed by atoms with van der Waals surface area (Å²) in [5, 5.41) is 2.77. The molecule has 1 aliphatic heterocycles. The second-order valence-corrected chi connectivity index (χ2v) is 6.01. The highest BCUT2D eigenvalue weighted by Gasteiger charge is 2.18. The highest BCUT2D eigenvalue weighted by atomic mass is 16.5. The average molecular weight is 354 g/mol. The summed E-state index contributed by atoms with van der Waals surface area (Å²) in [6.07, 6.45) is 0. The molecule has 0 atom stereocenters. The third kappa shape index (κ3) is 5.15. The van der Waals surface area contributed by atoms with Crippen molar-refractivity contribution in [1.82, 2.24) is 4.90 Å². The Morgan fingerprint density at radius 3 is 2.38 bits per heavy atom. The number of ether oxygens (including phenoxy) is 2. The Labute approximate surface area is 152 Å². The van der Waals surface area contributed by atoms with Crippen LogP contribution in [-0.2, 0) is 20.9 Å². The van der Waals surface area contributed by atoms with Crippen LogP contribution >= 0.6 is 0 Å². The van der Waals surface area contributed by atoms with E-state index >= 15 is 0 Å². The van der Waals surface area contributed by atoms with Crippen LogP contribution in [0.5, 0.6) is 0 Å². The van der Waals surface area contributed by atoms with E-state index in [0.717, 1.165) is 5.56 Å². The lowest BCUT2D eigenvalue weighted by Crippen LogP contribution is -2.40. The molecule has 2 aromatic carbocycles. The predicted molar refractivity (Wildman–Crippen MR) is 97.9 cm³/mol. The highest BCUT2D eigenvalue weighted by Crippen LogP contribution is 2.13. The molecule has 1 saturated heterocycles. The SMILES string of the molecule is O=C(COCc1ccccc1)Nc1ccc(C(=O)N2CCOCC2)cc1. The Kier molecular flexibility index (Phi) is 6.35. The number of hydrogen-bond donors (Lipinski definition) is 1. The van der Waals surface area contributed by atoms with E-state index in [9.17, 15) is 9.59 Å². The third-order valence-corrected chi connectivity index (χ3v) is 4.06. The van der Waals surface area contributed by atoms with E-state index < -0.39 is 0 Å². The molecule has 0 saturated carbocycles. The summed E-state index contributed by atoms with van der Waals surface area (Å²) < 4.78 is 10.7. The van der Waals surface area contributed by atoms with Crippen molar-refractivity contribution in [2.24, 2.45) is 0 Å². The van der Waals surface area contributed by atoms with Crippen LogP contribution in [0.2, 0.25) is 0 Å². The number of carbonyl (C=O) groups excluding carboxylic acids is 2. The van der Waals surface area contributed by atoms with Crippen molar-refractivity contribution >= 4 is 17.5 Å². The van der Waals surface area contributed by atoms with E-state index in [1.165, 1.54) is 0 Å². The van der Waals surface area contributed by atoms with Gasteiger partial charge in [0.15, 0.2) is 0 Å². The van der Waals surface area contributed by atoms with Crippen molar-refractivity contribution in [3.05, 3.63) is 65.7 Å². The molecule has 1 heterocycles. The van der Waals surface area contributed by atoms with Gasteiger partial charge in [-0.25, -0.2) is 0 Å². The zero-order valence-electron chi connectivity index (χ0n) is 14.5. The minimum absolute atomic E-state index is 0.0163. The van der Waals surface area contributed by atoms with E-state index in [1.807, 2.05) is 30.3 Å². The first-order chi connectivity index (χ1) is 12.7. The standard InChI is InChI=1S/C20H22N2O4/c23-19(15-26-14-16-4-2-1-3-5-16)21-18-8-6-17(7-9-18)20(24)22-10-12-25-13-11-22/h1-9H,10-15H2,(H,21,23). The molecule has 3 rings (SSSR count). The molecule has 2 aromatic rings. The van der Waals surface area contributed by atoms with E-state index in [0.29, 0.717) is 44.2 Å². The van der Waals surface area contributed by atoms with Gasteiger partial charge in [0.2, 0.25) is 5.91 Å². The maximum absolute atomic E-state index is 12.4. The molecule has 0 radical (unpaired) electrons. The van der Waals surface area contributed by atoms with Crippen molar-refractivity contribution in [3.8, 4) is 0 Å². The molecule has 6 nitrogen and oxygen atoms in total. The minimum Gasteiger partial charge on any atom is -0.378 e. The van der Waals surface area contributed by atoms with Crippen LogP contribution in [0, 0.1) is 0 Å². The van der Waals surface area contributed by atoms with E-state index in [1.54, 1.807) is 29.2 Å². The summed E-state index contributed by atoms with van der Waals surface area (Å²) in [7, 11) is 0. The second-order valence-electron chi connectivity index (χ2n) is 6.01. The van der Waals surface area contributed by atoms with Crippen molar-refractivity contribution < 1.29 is 19.1 Å². The summed E-state index contributed by atoms with van der Waals surface area (Å²) in [5.41, 5.74) is 2.26. The summed E-state index contributed by atoms with van der Waals surface area (Å²) >= 11 is 0. The summed E-state index contributed by atoms with van der Waals surface area (Å²) in [4.78, 5) is 26.1. The Bertz CT molecular complexity index is 725. The van der Waals surface area contributed by atoms with Crippen LogP contribution in [0.25, 0.3) is 0 Å². The number of nitrogens with one attached hydrogen (secondary N) is 1. The van der Waals surface area contributed by atoms with Gasteiger partial charge in [0.05, 0.1) is 19.8 Å². The lowest BCUT2D eigenvalue weighted by Gasteiger charge is -2.26. The van der Waals surface area contributed by atoms with Crippen LogP contribution in [0.4, 0.5) is 5.69 Å². The fourth-order valence-electron chi connectivity index (χ4n) is 2.68. The molecule has 136 valence electrons. The molecule has 0 spiro atoms. The van der Waals surface area contributed by atoms with Gasteiger partial charge in [0.25, 0.3) is 5.91 Å². The Hall–Kier alpha value is -2.70. The van der Waals surface area contributed by atoms with Crippen molar-refractivity contribution in [2.75, 3.05) is 38.2 Å². The van der Waals surface area contributed by atoms with Gasteiger partial charge in [-0.15, -0.1) is 0 Å². The first kappa shape index (κ1) is 18.1. The number of nitrogens with zero attached hydrogens (tertiary/aromatic N) is 1. The molecule has 0 aliphatic carbocycles. The van der Waals surface area contributed by atoms with Crippen molar-refractivity contribution in [3.63, 3.8) is 0 Å². The topological polar surface area (TPSA) is 67.9 Å². The van der Waals surface area contributed by atoms with E-state index in [2.05, 4.69) is 5.32 Å². The number of rotatable bonds is 6. The Morgan fingerprint density at radius 2 is 1.69 bits per heavy atom. The fourth-order valence-corrected chi connectivity index (χ4v) is 2.68. The average Bonchev–Trinajstić information content (AvgIpc) is 2.69. The molecule has 1 fully saturated rings. The van der Waals surface area contributed by atoms with Crippen LogP contribution in [0.3, 0.4) is 0 Å². The first-order valence-corrected chi connectivity index (χ1v) is 8.61. The van der Waals surface area contributed by atoms with Crippen LogP contribution in [-0.4, -0.2) is 49.6 Å². The molecule has 0 aromatic heterocycles. The molecule has 6 heteroatoms. The maximum Gasteiger partial charge on any atom is 0.254 e. The maximum atomic E-state index is 12.4. The zero-order chi connectivity index (χ0) is 18.2. The normalized spacial score (nSPS) is 14.1. The van der Waals surface area contributed by atoms with Gasteiger partial charge >= 0.3 is 0 Å². The van der Waals surface area contributed by atoms with Gasteiger partial charge in [0.1, 0.15) is 6.61 Å². The van der Waals surface area contributed by atoms with E-state index in [-0.39, 0.29) is 18.4 Å². The molecular weight excluding hydrogens is 332 g/mol. The summed E-state index contributed by atoms with van der Waals surface area (Å²) in [5.74, 6) is -0.245. The summed E-state index contributed by atoms with van der Waals surface area (Å²) in [6.45, 7) is 2.72. The van der Waals surface area contributed by atoms with Crippen LogP contribution in [0.1, 0.15) is 15.9 Å². The zero-order valence-corrected chi connectivity index (χ0v) is 14.5. The van der Waals surface area contributed by atoms with Gasteiger partial charge < -0.3 is 19.7 Å². The van der Waals surface area contributed by atoms with Crippen molar-refractivity contribution in [1.29, 1.82) is 0 Å². The number of amides is 2. The molecule has 26 heavy (non-hydrogen) atoms. The Balaban J connectivity index is 1.46. The van der Waals surface area contributed by atoms with Crippen molar-refractivity contribution in [2.45, 2.75) is 6.61 Å². The predicted octanol–water partition coefficient (Wildman–Crippen LogP) is 2.31. The number of anilines is 1. The van der Waals surface area contributed by atoms with Gasteiger partial charge in [0, 0.05) is 24.3 Å². The fraction of sp³-hybridized carbons (Fsp3) is 0.300. The monoisotopic (exact) mass is 354 g/mol.